The van der Waals surface area contributed by atoms with Crippen molar-refractivity contribution in [3.8, 4) is 5.75 Å². The van der Waals surface area contributed by atoms with Gasteiger partial charge in [-0.2, -0.15) is 0 Å². The van der Waals surface area contributed by atoms with E-state index in [1.807, 2.05) is 19.1 Å². The summed E-state index contributed by atoms with van der Waals surface area (Å²) >= 11 is 0. The summed E-state index contributed by atoms with van der Waals surface area (Å²) in [6.45, 7) is 8.82. The largest absolute Gasteiger partial charge is 0.426 e. The fourth-order valence-electron chi connectivity index (χ4n) is 4.84. The van der Waals surface area contributed by atoms with Crippen LogP contribution in [0.4, 0.5) is 0 Å². The number of fused-ring (bicyclic) bond motifs is 1. The summed E-state index contributed by atoms with van der Waals surface area (Å²) in [5.41, 5.74) is 1.41. The lowest BCUT2D eigenvalue weighted by Crippen LogP contribution is -2.20. The molecule has 162 valence electrons. The predicted octanol–water partition coefficient (Wildman–Crippen LogP) is 8.06. The first-order valence-corrected chi connectivity index (χ1v) is 11.9. The van der Waals surface area contributed by atoms with Gasteiger partial charge in [0.2, 0.25) is 0 Å². The molecule has 0 bridgehead atoms. The molecule has 2 nitrogen and oxygen atoms in total. The third kappa shape index (κ3) is 5.97. The summed E-state index contributed by atoms with van der Waals surface area (Å²) in [6, 6.07) is 12.7. The molecule has 0 saturated heterocycles. The van der Waals surface area contributed by atoms with Crippen LogP contribution >= 0.6 is 0 Å². The van der Waals surface area contributed by atoms with Gasteiger partial charge >= 0.3 is 5.97 Å². The number of carbonyl (C=O) groups is 1. The molecule has 0 N–H and O–H groups in total. The van der Waals surface area contributed by atoms with E-state index in [2.05, 4.69) is 57.2 Å². The van der Waals surface area contributed by atoms with Gasteiger partial charge in [0.25, 0.3) is 0 Å². The maximum absolute atomic E-state index is 12.7. The lowest BCUT2D eigenvalue weighted by Gasteiger charge is -2.19. The Morgan fingerprint density at radius 3 is 2.67 bits per heavy atom. The lowest BCUT2D eigenvalue weighted by atomic mass is 9.88. The van der Waals surface area contributed by atoms with Gasteiger partial charge in [-0.05, 0) is 84.7 Å². The Kier molecular flexibility index (Phi) is 8.13. The second-order valence-corrected chi connectivity index (χ2v) is 9.33. The molecule has 0 spiro atoms. The van der Waals surface area contributed by atoms with Gasteiger partial charge in [0.05, 0.1) is 5.92 Å². The minimum absolute atomic E-state index is 0.0950. The number of ether oxygens (including phenoxy) is 1. The van der Waals surface area contributed by atoms with Crippen molar-refractivity contribution in [2.75, 3.05) is 0 Å². The molecule has 0 amide bonds. The second-order valence-electron chi connectivity index (χ2n) is 9.33. The molecule has 1 aliphatic rings. The molecule has 0 fully saturated rings. The SMILES string of the molecule is CCCC(CC)c1ccc2cc(OC(=O)C(C)CC3C=CCCC(C)C3)ccc2c1. The Bertz CT molecular complexity index is 866. The monoisotopic (exact) mass is 406 g/mol. The fourth-order valence-corrected chi connectivity index (χ4v) is 4.84. The second kappa shape index (κ2) is 10.8. The van der Waals surface area contributed by atoms with Gasteiger partial charge in [-0.15, -0.1) is 0 Å². The zero-order valence-electron chi connectivity index (χ0n) is 19.2. The van der Waals surface area contributed by atoms with Crippen molar-refractivity contribution in [3.05, 3.63) is 54.1 Å². The van der Waals surface area contributed by atoms with Gasteiger partial charge in [-0.25, -0.2) is 0 Å². The van der Waals surface area contributed by atoms with Gasteiger partial charge < -0.3 is 4.74 Å². The van der Waals surface area contributed by atoms with Crippen LogP contribution in [0.2, 0.25) is 0 Å². The van der Waals surface area contributed by atoms with Crippen molar-refractivity contribution >= 4 is 16.7 Å². The molecule has 30 heavy (non-hydrogen) atoms. The van der Waals surface area contributed by atoms with Gasteiger partial charge in [0, 0.05) is 0 Å². The maximum Gasteiger partial charge on any atom is 0.314 e. The Balaban J connectivity index is 1.65. The highest BCUT2D eigenvalue weighted by molar-refractivity contribution is 5.85. The zero-order chi connectivity index (χ0) is 21.5. The Morgan fingerprint density at radius 2 is 1.90 bits per heavy atom. The van der Waals surface area contributed by atoms with E-state index in [9.17, 15) is 4.79 Å². The van der Waals surface area contributed by atoms with E-state index in [4.69, 9.17) is 4.74 Å². The molecule has 1 aliphatic carbocycles. The van der Waals surface area contributed by atoms with Crippen molar-refractivity contribution in [2.45, 2.75) is 78.6 Å². The van der Waals surface area contributed by atoms with Crippen molar-refractivity contribution in [1.82, 2.24) is 0 Å². The van der Waals surface area contributed by atoms with Gasteiger partial charge in [-0.3, -0.25) is 4.79 Å². The lowest BCUT2D eigenvalue weighted by molar-refractivity contribution is -0.138. The fraction of sp³-hybridized carbons (Fsp3) is 0.536. The molecule has 2 aromatic rings. The molecule has 2 aromatic carbocycles. The van der Waals surface area contributed by atoms with Crippen LogP contribution < -0.4 is 4.74 Å². The summed E-state index contributed by atoms with van der Waals surface area (Å²) in [7, 11) is 0. The first-order chi connectivity index (χ1) is 14.5. The van der Waals surface area contributed by atoms with Gasteiger partial charge in [0.15, 0.2) is 0 Å². The first-order valence-electron chi connectivity index (χ1n) is 11.9. The summed E-state index contributed by atoms with van der Waals surface area (Å²) in [5.74, 6) is 2.27. The maximum atomic E-state index is 12.7. The van der Waals surface area contributed by atoms with Crippen LogP contribution in [0, 0.1) is 17.8 Å². The van der Waals surface area contributed by atoms with E-state index < -0.39 is 0 Å². The minimum Gasteiger partial charge on any atom is -0.426 e. The van der Waals surface area contributed by atoms with E-state index in [1.165, 1.54) is 43.1 Å². The smallest absolute Gasteiger partial charge is 0.314 e. The minimum atomic E-state index is -0.120. The van der Waals surface area contributed by atoms with Crippen molar-refractivity contribution in [1.29, 1.82) is 0 Å². The van der Waals surface area contributed by atoms with E-state index >= 15 is 0 Å². The average molecular weight is 407 g/mol. The third-order valence-electron chi connectivity index (χ3n) is 6.65. The van der Waals surface area contributed by atoms with Crippen LogP contribution in [0.15, 0.2) is 48.6 Å². The number of esters is 1. The van der Waals surface area contributed by atoms with Crippen LogP contribution in [0.5, 0.6) is 5.75 Å². The topological polar surface area (TPSA) is 26.3 Å². The van der Waals surface area contributed by atoms with Gasteiger partial charge in [-0.1, -0.05) is 70.5 Å². The molecule has 0 saturated carbocycles. The standard InChI is InChI=1S/C28H38O2/c1-5-9-23(6-2)24-12-13-26-19-27(15-14-25(26)18-24)30-28(29)21(4)17-22-11-8-7-10-20(3)16-22/h8,11-15,18-23H,5-7,9-10,16-17H2,1-4H3. The van der Waals surface area contributed by atoms with Crippen LogP contribution in [0.1, 0.15) is 84.1 Å². The molecule has 3 rings (SSSR count). The number of benzene rings is 2. The van der Waals surface area contributed by atoms with Crippen LogP contribution in [0.25, 0.3) is 10.8 Å². The van der Waals surface area contributed by atoms with E-state index in [-0.39, 0.29) is 11.9 Å². The third-order valence-corrected chi connectivity index (χ3v) is 6.65. The van der Waals surface area contributed by atoms with Crippen LogP contribution in [-0.2, 0) is 4.79 Å². The molecule has 0 radical (unpaired) electrons. The molecule has 2 heteroatoms. The molecule has 0 heterocycles. The highest BCUT2D eigenvalue weighted by Gasteiger charge is 2.22. The van der Waals surface area contributed by atoms with Crippen LogP contribution in [-0.4, -0.2) is 5.97 Å². The van der Waals surface area contributed by atoms with Crippen molar-refractivity contribution < 1.29 is 9.53 Å². The van der Waals surface area contributed by atoms with Crippen molar-refractivity contribution in [2.24, 2.45) is 17.8 Å². The zero-order valence-corrected chi connectivity index (χ0v) is 19.2. The Hall–Kier alpha value is -2.09. The van der Waals surface area contributed by atoms with E-state index in [0.29, 0.717) is 17.6 Å². The van der Waals surface area contributed by atoms with E-state index in [0.717, 1.165) is 24.1 Å². The normalized spacial score (nSPS) is 21.2. The molecule has 0 aromatic heterocycles. The number of allylic oxidation sites excluding steroid dienone is 2. The summed E-state index contributed by atoms with van der Waals surface area (Å²) < 4.78 is 5.76. The Morgan fingerprint density at radius 1 is 1.13 bits per heavy atom. The number of hydrogen-bond acceptors (Lipinski definition) is 2. The number of carbonyl (C=O) groups excluding carboxylic acids is 1. The van der Waals surface area contributed by atoms with Gasteiger partial charge in [0.1, 0.15) is 5.75 Å². The summed E-state index contributed by atoms with van der Waals surface area (Å²) in [6.07, 6.45) is 12.6. The number of rotatable bonds is 8. The van der Waals surface area contributed by atoms with Crippen LogP contribution in [0.3, 0.4) is 0 Å². The number of hydrogen-bond donors (Lipinski definition) is 0. The highest BCUT2D eigenvalue weighted by atomic mass is 16.5. The highest BCUT2D eigenvalue weighted by Crippen LogP contribution is 2.31. The molecular formula is C28H38O2. The molecule has 4 unspecified atom stereocenters. The van der Waals surface area contributed by atoms with Crippen molar-refractivity contribution in [3.63, 3.8) is 0 Å². The average Bonchev–Trinajstić information content (AvgIpc) is 2.95. The molecular weight excluding hydrogens is 368 g/mol. The summed E-state index contributed by atoms with van der Waals surface area (Å²) in [4.78, 5) is 12.7. The van der Waals surface area contributed by atoms with E-state index in [1.54, 1.807) is 0 Å². The Labute approximate surface area is 182 Å². The predicted molar refractivity (Wildman–Crippen MR) is 127 cm³/mol. The first kappa shape index (κ1) is 22.6. The molecule has 4 atom stereocenters. The summed E-state index contributed by atoms with van der Waals surface area (Å²) in [5, 5.41) is 2.34. The quantitative estimate of drug-likeness (QED) is 0.252. The molecule has 0 aliphatic heterocycles.